The van der Waals surface area contributed by atoms with Gasteiger partial charge in [0, 0.05) is 6.42 Å². The van der Waals surface area contributed by atoms with Crippen LogP contribution in [0.4, 0.5) is 5.13 Å². The van der Waals surface area contributed by atoms with Gasteiger partial charge in [0.15, 0.2) is 10.9 Å². The van der Waals surface area contributed by atoms with Crippen molar-refractivity contribution < 1.29 is 9.59 Å². The highest BCUT2D eigenvalue weighted by molar-refractivity contribution is 7.17. The summed E-state index contributed by atoms with van der Waals surface area (Å²) in [6, 6.07) is 2.12. The molecule has 0 atom stereocenters. The Kier molecular flexibility index (Phi) is 3.14. The molecule has 0 bridgehead atoms. The summed E-state index contributed by atoms with van der Waals surface area (Å²) in [6.45, 7) is 4.09. The molecule has 1 N–H and O–H groups in total. The topological polar surface area (TPSA) is 82.9 Å². The third-order valence-electron chi connectivity index (χ3n) is 4.31. The molecule has 0 unspecified atom stereocenters. The molecule has 2 aliphatic carbocycles. The Morgan fingerprint density at radius 3 is 2.67 bits per heavy atom. The van der Waals surface area contributed by atoms with Crippen molar-refractivity contribution >= 4 is 28.2 Å². The fraction of sp³-hybridized carbons (Fsp3) is 0.600. The van der Waals surface area contributed by atoms with Crippen LogP contribution in [0.5, 0.6) is 0 Å². The zero-order valence-corrected chi connectivity index (χ0v) is 13.0. The van der Waals surface area contributed by atoms with Crippen LogP contribution in [0.1, 0.15) is 54.9 Å². The van der Waals surface area contributed by atoms with Crippen LogP contribution in [-0.4, -0.2) is 16.7 Å². The van der Waals surface area contributed by atoms with Crippen LogP contribution in [-0.2, 0) is 11.2 Å². The summed E-state index contributed by atoms with van der Waals surface area (Å²) in [5.74, 6) is -0.188. The van der Waals surface area contributed by atoms with Gasteiger partial charge in [-0.1, -0.05) is 25.2 Å². The number of anilines is 1. The molecule has 110 valence electrons. The second-order valence-electron chi connectivity index (χ2n) is 6.74. The van der Waals surface area contributed by atoms with Crippen LogP contribution >= 0.6 is 11.3 Å². The van der Waals surface area contributed by atoms with Gasteiger partial charge in [0.2, 0.25) is 5.91 Å². The van der Waals surface area contributed by atoms with Crippen molar-refractivity contribution in [1.29, 1.82) is 5.26 Å². The Morgan fingerprint density at radius 2 is 2.10 bits per heavy atom. The van der Waals surface area contributed by atoms with Gasteiger partial charge in [0.05, 0.1) is 16.6 Å². The van der Waals surface area contributed by atoms with Gasteiger partial charge in [0.25, 0.3) is 0 Å². The van der Waals surface area contributed by atoms with Gasteiger partial charge in [-0.15, -0.1) is 0 Å². The first-order valence-electron chi connectivity index (χ1n) is 7.11. The molecule has 0 aromatic carbocycles. The summed E-state index contributed by atoms with van der Waals surface area (Å²) < 4.78 is 0. The van der Waals surface area contributed by atoms with Crippen LogP contribution < -0.4 is 5.32 Å². The number of carbonyl (C=O) groups excluding carboxylic acids is 2. The molecule has 1 amide bonds. The number of Topliss-reactive ketones (excluding diaryl/α,β-unsaturated/α-hetero) is 1. The standard InChI is InChI=1S/C15H17N3O2S/c1-14(2)6-9-11(10(19)7-14)21-13(17-9)18-12(20)15(8-16)4-3-5-15/h3-7H2,1-2H3,(H,17,18,20). The molecule has 1 heterocycles. The molecule has 5 nitrogen and oxygen atoms in total. The smallest absolute Gasteiger partial charge is 0.246 e. The summed E-state index contributed by atoms with van der Waals surface area (Å²) >= 11 is 1.23. The van der Waals surface area contributed by atoms with E-state index >= 15 is 0 Å². The van der Waals surface area contributed by atoms with E-state index in [1.807, 2.05) is 13.8 Å². The lowest BCUT2D eigenvalue weighted by atomic mass is 9.69. The number of nitrogens with zero attached hydrogens (tertiary/aromatic N) is 2. The average molecular weight is 303 g/mol. The number of hydrogen-bond acceptors (Lipinski definition) is 5. The molecular formula is C15H17N3O2S. The Hall–Kier alpha value is -1.74. The quantitative estimate of drug-likeness (QED) is 0.910. The SMILES string of the molecule is CC1(C)CC(=O)c2sc(NC(=O)C3(C#N)CCC3)nc2C1. The van der Waals surface area contributed by atoms with E-state index < -0.39 is 5.41 Å². The van der Waals surface area contributed by atoms with E-state index in [1.165, 1.54) is 11.3 Å². The lowest BCUT2D eigenvalue weighted by Gasteiger charge is -2.32. The van der Waals surface area contributed by atoms with Crippen LogP contribution in [0.25, 0.3) is 0 Å². The first kappa shape index (κ1) is 14.2. The number of aromatic nitrogens is 1. The Bertz CT molecular complexity index is 665. The van der Waals surface area contributed by atoms with Gasteiger partial charge in [-0.3, -0.25) is 9.59 Å². The third-order valence-corrected chi connectivity index (χ3v) is 5.37. The van der Waals surface area contributed by atoms with Crippen molar-refractivity contribution in [1.82, 2.24) is 4.98 Å². The second kappa shape index (κ2) is 4.63. The van der Waals surface area contributed by atoms with E-state index in [-0.39, 0.29) is 17.1 Å². The number of amides is 1. The van der Waals surface area contributed by atoms with E-state index in [0.717, 1.165) is 18.5 Å². The molecule has 2 aliphatic rings. The molecule has 0 radical (unpaired) electrons. The van der Waals surface area contributed by atoms with Crippen LogP contribution in [0.2, 0.25) is 0 Å². The highest BCUT2D eigenvalue weighted by Crippen LogP contribution is 2.42. The van der Waals surface area contributed by atoms with Crippen LogP contribution in [0, 0.1) is 22.2 Å². The van der Waals surface area contributed by atoms with E-state index in [1.54, 1.807) is 0 Å². The van der Waals surface area contributed by atoms with E-state index in [4.69, 9.17) is 0 Å². The lowest BCUT2D eigenvalue weighted by Crippen LogP contribution is -2.40. The summed E-state index contributed by atoms with van der Waals surface area (Å²) in [5, 5.41) is 12.4. The maximum atomic E-state index is 12.2. The fourth-order valence-corrected chi connectivity index (χ4v) is 3.82. The maximum Gasteiger partial charge on any atom is 0.246 e. The normalized spacial score (nSPS) is 21.9. The molecular weight excluding hydrogens is 286 g/mol. The van der Waals surface area contributed by atoms with Crippen molar-refractivity contribution in [2.24, 2.45) is 10.8 Å². The number of ketones is 1. The van der Waals surface area contributed by atoms with Crippen LogP contribution in [0.15, 0.2) is 0 Å². The largest absolute Gasteiger partial charge is 0.301 e. The summed E-state index contributed by atoms with van der Waals surface area (Å²) in [4.78, 5) is 29.4. The van der Waals surface area contributed by atoms with Gasteiger partial charge in [-0.2, -0.15) is 5.26 Å². The highest BCUT2D eigenvalue weighted by Gasteiger charge is 2.45. The number of rotatable bonds is 2. The van der Waals surface area contributed by atoms with Crippen molar-refractivity contribution in [2.75, 3.05) is 5.32 Å². The molecule has 0 saturated heterocycles. The number of carbonyl (C=O) groups is 2. The minimum Gasteiger partial charge on any atom is -0.301 e. The number of nitrogens with one attached hydrogen (secondary N) is 1. The molecule has 1 aromatic rings. The third kappa shape index (κ3) is 2.36. The highest BCUT2D eigenvalue weighted by atomic mass is 32.1. The number of thiazole rings is 1. The zero-order chi connectivity index (χ0) is 15.3. The van der Waals surface area contributed by atoms with Gasteiger partial charge in [0.1, 0.15) is 5.41 Å². The van der Waals surface area contributed by atoms with Gasteiger partial charge >= 0.3 is 0 Å². The van der Waals surface area contributed by atoms with Crippen molar-refractivity contribution in [2.45, 2.75) is 46.0 Å². The Morgan fingerprint density at radius 1 is 1.38 bits per heavy atom. The summed E-state index contributed by atoms with van der Waals surface area (Å²) in [5.41, 5.74) is -0.201. The van der Waals surface area contributed by atoms with Gasteiger partial charge in [-0.25, -0.2) is 4.98 Å². The first-order chi connectivity index (χ1) is 9.85. The molecule has 3 rings (SSSR count). The van der Waals surface area contributed by atoms with Gasteiger partial charge in [-0.05, 0) is 31.1 Å². The Labute approximate surface area is 127 Å². The minimum atomic E-state index is -0.893. The van der Waals surface area contributed by atoms with Crippen molar-refractivity contribution in [3.63, 3.8) is 0 Å². The van der Waals surface area contributed by atoms with E-state index in [9.17, 15) is 14.9 Å². The predicted molar refractivity (Wildman–Crippen MR) is 79.1 cm³/mol. The molecule has 0 spiro atoms. The number of hydrogen-bond donors (Lipinski definition) is 1. The van der Waals surface area contributed by atoms with Crippen molar-refractivity contribution in [3.05, 3.63) is 10.6 Å². The van der Waals surface area contributed by atoms with E-state index in [2.05, 4.69) is 16.4 Å². The first-order valence-corrected chi connectivity index (χ1v) is 7.93. The van der Waals surface area contributed by atoms with Gasteiger partial charge < -0.3 is 5.32 Å². The van der Waals surface area contributed by atoms with Crippen molar-refractivity contribution in [3.8, 4) is 6.07 Å². The molecule has 1 fully saturated rings. The summed E-state index contributed by atoms with van der Waals surface area (Å²) in [6.07, 6.45) is 3.36. The zero-order valence-electron chi connectivity index (χ0n) is 12.2. The average Bonchev–Trinajstić information content (AvgIpc) is 2.69. The molecule has 6 heteroatoms. The minimum absolute atomic E-state index is 0.0821. The second-order valence-corrected chi connectivity index (χ2v) is 7.74. The fourth-order valence-electron chi connectivity index (χ4n) is 2.91. The molecule has 1 aromatic heterocycles. The monoisotopic (exact) mass is 303 g/mol. The van der Waals surface area contributed by atoms with E-state index in [0.29, 0.717) is 29.3 Å². The molecule has 21 heavy (non-hydrogen) atoms. The summed E-state index contributed by atoms with van der Waals surface area (Å²) in [7, 11) is 0. The predicted octanol–water partition coefficient (Wildman–Crippen LogP) is 2.93. The number of nitriles is 1. The maximum absolute atomic E-state index is 12.2. The molecule has 0 aliphatic heterocycles. The number of fused-ring (bicyclic) bond motifs is 1. The Balaban J connectivity index is 1.82. The lowest BCUT2D eigenvalue weighted by molar-refractivity contribution is -0.126. The van der Waals surface area contributed by atoms with Crippen LogP contribution in [0.3, 0.4) is 0 Å². The molecule has 1 saturated carbocycles.